The van der Waals surface area contributed by atoms with E-state index in [4.69, 9.17) is 5.73 Å². The van der Waals surface area contributed by atoms with Crippen LogP contribution in [0.4, 0.5) is 5.82 Å². The van der Waals surface area contributed by atoms with Gasteiger partial charge in [-0.05, 0) is 22.4 Å². The monoisotopic (exact) mass is 195 g/mol. The Bertz CT molecular complexity index is 391. The Morgan fingerprint density at radius 3 is 2.50 bits per heavy atom. The van der Waals surface area contributed by atoms with Gasteiger partial charge >= 0.3 is 5.82 Å². The van der Waals surface area contributed by atoms with E-state index >= 15 is 0 Å². The quantitative estimate of drug-likeness (QED) is 0.554. The number of pyridine rings is 1. The second-order valence-corrected chi connectivity index (χ2v) is 2.88. The van der Waals surface area contributed by atoms with E-state index < -0.39 is 10.8 Å². The van der Waals surface area contributed by atoms with E-state index in [-0.39, 0.29) is 17.1 Å². The predicted molar refractivity (Wildman–Crippen MR) is 48.9 cm³/mol. The lowest BCUT2D eigenvalue weighted by atomic mass is 10.1. The summed E-state index contributed by atoms with van der Waals surface area (Å²) in [5.41, 5.74) is 6.09. The Labute approximate surface area is 79.9 Å². The molecule has 74 valence electrons. The third-order valence-corrected chi connectivity index (χ3v) is 1.82. The second kappa shape index (κ2) is 3.41. The molecule has 14 heavy (non-hydrogen) atoms. The number of aromatic nitrogens is 1. The molecule has 0 aromatic carbocycles. The van der Waals surface area contributed by atoms with E-state index in [1.54, 1.807) is 6.92 Å². The number of nitro groups is 1. The zero-order valence-corrected chi connectivity index (χ0v) is 7.77. The summed E-state index contributed by atoms with van der Waals surface area (Å²) in [5.74, 6) is -0.896. The number of amides is 1. The van der Waals surface area contributed by atoms with Crippen LogP contribution in [0.5, 0.6) is 0 Å². The zero-order valence-electron chi connectivity index (χ0n) is 7.77. The van der Waals surface area contributed by atoms with Gasteiger partial charge in [0.2, 0.25) is 0 Å². The SMILES string of the molecule is Cc1cc([N+](=O)[O-])nc(C)c1C(N)=O. The molecule has 0 spiro atoms. The molecule has 0 aliphatic carbocycles. The van der Waals surface area contributed by atoms with Crippen LogP contribution in [-0.2, 0) is 0 Å². The van der Waals surface area contributed by atoms with Gasteiger partial charge < -0.3 is 15.8 Å². The fraction of sp³-hybridized carbons (Fsp3) is 0.250. The first kappa shape index (κ1) is 10.1. The lowest BCUT2D eigenvalue weighted by Gasteiger charge is -2.01. The third kappa shape index (κ3) is 1.68. The minimum atomic E-state index is -0.623. The van der Waals surface area contributed by atoms with Crippen LogP contribution >= 0.6 is 0 Å². The average Bonchev–Trinajstić information content (AvgIpc) is 2.01. The molecule has 0 fully saturated rings. The molecule has 1 aromatic heterocycles. The number of rotatable bonds is 2. The Balaban J connectivity index is 3.39. The lowest BCUT2D eigenvalue weighted by Crippen LogP contribution is -2.16. The first-order chi connectivity index (χ1) is 6.43. The zero-order chi connectivity index (χ0) is 10.9. The highest BCUT2D eigenvalue weighted by Crippen LogP contribution is 2.17. The van der Waals surface area contributed by atoms with Crippen molar-refractivity contribution in [1.82, 2.24) is 4.98 Å². The average molecular weight is 195 g/mol. The summed E-state index contributed by atoms with van der Waals surface area (Å²) in [5, 5.41) is 10.4. The summed E-state index contributed by atoms with van der Waals surface area (Å²) in [7, 11) is 0. The number of nitrogens with zero attached hydrogens (tertiary/aromatic N) is 2. The molecule has 0 saturated carbocycles. The van der Waals surface area contributed by atoms with Gasteiger partial charge in [0.05, 0.1) is 5.56 Å². The van der Waals surface area contributed by atoms with Gasteiger partial charge in [-0.1, -0.05) is 0 Å². The van der Waals surface area contributed by atoms with E-state index in [9.17, 15) is 14.9 Å². The Hall–Kier alpha value is -1.98. The number of nitrogens with two attached hydrogens (primary N) is 1. The highest BCUT2D eigenvalue weighted by molar-refractivity contribution is 5.95. The van der Waals surface area contributed by atoms with Crippen LogP contribution in [0.3, 0.4) is 0 Å². The maximum Gasteiger partial charge on any atom is 0.363 e. The Morgan fingerprint density at radius 1 is 1.57 bits per heavy atom. The van der Waals surface area contributed by atoms with E-state index in [1.165, 1.54) is 13.0 Å². The molecule has 0 unspecified atom stereocenters. The first-order valence-corrected chi connectivity index (χ1v) is 3.86. The molecule has 0 radical (unpaired) electrons. The van der Waals surface area contributed by atoms with Crippen LogP contribution in [0, 0.1) is 24.0 Å². The summed E-state index contributed by atoms with van der Waals surface area (Å²) in [6.07, 6.45) is 0. The Morgan fingerprint density at radius 2 is 2.14 bits per heavy atom. The lowest BCUT2D eigenvalue weighted by molar-refractivity contribution is -0.389. The van der Waals surface area contributed by atoms with Crippen molar-refractivity contribution >= 4 is 11.7 Å². The van der Waals surface area contributed by atoms with Crippen molar-refractivity contribution in [2.45, 2.75) is 13.8 Å². The summed E-state index contributed by atoms with van der Waals surface area (Å²) in [4.78, 5) is 24.4. The van der Waals surface area contributed by atoms with E-state index in [2.05, 4.69) is 4.98 Å². The number of hydrogen-bond acceptors (Lipinski definition) is 4. The smallest absolute Gasteiger partial charge is 0.363 e. The van der Waals surface area contributed by atoms with Gasteiger partial charge in [-0.15, -0.1) is 0 Å². The predicted octanol–water partition coefficient (Wildman–Crippen LogP) is 0.706. The van der Waals surface area contributed by atoms with Crippen molar-refractivity contribution in [2.24, 2.45) is 5.73 Å². The van der Waals surface area contributed by atoms with Crippen molar-refractivity contribution < 1.29 is 9.72 Å². The molecule has 1 amide bonds. The number of hydrogen-bond donors (Lipinski definition) is 1. The molecule has 0 saturated heterocycles. The Kier molecular flexibility index (Phi) is 2.46. The highest BCUT2D eigenvalue weighted by atomic mass is 16.6. The van der Waals surface area contributed by atoms with Crippen LogP contribution in [0.2, 0.25) is 0 Å². The maximum absolute atomic E-state index is 10.9. The summed E-state index contributed by atoms with van der Waals surface area (Å²) < 4.78 is 0. The van der Waals surface area contributed by atoms with Crippen LogP contribution in [-0.4, -0.2) is 15.8 Å². The van der Waals surface area contributed by atoms with Crippen molar-refractivity contribution in [2.75, 3.05) is 0 Å². The van der Waals surface area contributed by atoms with Gasteiger partial charge in [0.15, 0.2) is 5.69 Å². The fourth-order valence-electron chi connectivity index (χ4n) is 1.28. The summed E-state index contributed by atoms with van der Waals surface area (Å²) in [6.45, 7) is 3.10. The maximum atomic E-state index is 10.9. The summed E-state index contributed by atoms with van der Waals surface area (Å²) in [6, 6.07) is 1.23. The van der Waals surface area contributed by atoms with E-state index in [0.29, 0.717) is 5.56 Å². The van der Waals surface area contributed by atoms with Crippen molar-refractivity contribution in [3.05, 3.63) is 33.0 Å². The van der Waals surface area contributed by atoms with Gasteiger partial charge in [-0.2, -0.15) is 0 Å². The van der Waals surface area contributed by atoms with Gasteiger partial charge in [-0.25, -0.2) is 0 Å². The topological polar surface area (TPSA) is 99.1 Å². The molecule has 0 aliphatic rings. The molecule has 0 atom stereocenters. The molecule has 0 bridgehead atoms. The van der Waals surface area contributed by atoms with Crippen LogP contribution < -0.4 is 5.73 Å². The van der Waals surface area contributed by atoms with Crippen molar-refractivity contribution in [1.29, 1.82) is 0 Å². The van der Waals surface area contributed by atoms with Crippen LogP contribution in [0.1, 0.15) is 21.6 Å². The largest absolute Gasteiger partial charge is 0.365 e. The second-order valence-electron chi connectivity index (χ2n) is 2.88. The van der Waals surface area contributed by atoms with E-state index in [1.807, 2.05) is 0 Å². The highest BCUT2D eigenvalue weighted by Gasteiger charge is 2.18. The van der Waals surface area contributed by atoms with Gasteiger partial charge in [0.1, 0.15) is 0 Å². The minimum Gasteiger partial charge on any atom is -0.365 e. The molecule has 6 heteroatoms. The standard InChI is InChI=1S/C8H9N3O3/c1-4-3-6(11(13)14)10-5(2)7(4)8(9)12/h3H,1-2H3,(H2,9,12). The molecule has 1 heterocycles. The fourth-order valence-corrected chi connectivity index (χ4v) is 1.28. The van der Waals surface area contributed by atoms with Gasteiger partial charge in [-0.3, -0.25) is 4.79 Å². The molecule has 6 nitrogen and oxygen atoms in total. The van der Waals surface area contributed by atoms with Crippen LogP contribution in [0.25, 0.3) is 0 Å². The number of aryl methyl sites for hydroxylation is 2. The molecular formula is C8H9N3O3. The molecule has 1 rings (SSSR count). The minimum absolute atomic E-state index is 0.246. The normalized spacial score (nSPS) is 9.86. The third-order valence-electron chi connectivity index (χ3n) is 1.82. The van der Waals surface area contributed by atoms with E-state index in [0.717, 1.165) is 0 Å². The van der Waals surface area contributed by atoms with Crippen molar-refractivity contribution in [3.63, 3.8) is 0 Å². The molecule has 2 N–H and O–H groups in total. The number of carbonyl (C=O) groups excluding carboxylic acids is 1. The van der Waals surface area contributed by atoms with Gasteiger partial charge in [0.25, 0.3) is 5.91 Å². The molecular weight excluding hydrogens is 186 g/mol. The molecule has 0 aliphatic heterocycles. The number of carbonyl (C=O) groups is 1. The van der Waals surface area contributed by atoms with Crippen molar-refractivity contribution in [3.8, 4) is 0 Å². The first-order valence-electron chi connectivity index (χ1n) is 3.86. The van der Waals surface area contributed by atoms with Gasteiger partial charge in [0, 0.05) is 13.0 Å². The number of primary amides is 1. The summed E-state index contributed by atoms with van der Waals surface area (Å²) >= 11 is 0. The molecule has 1 aromatic rings. The van der Waals surface area contributed by atoms with Crippen LogP contribution in [0.15, 0.2) is 6.07 Å².